The number of fused-ring (bicyclic) bond motifs is 4. The Morgan fingerprint density at radius 3 is 2.48 bits per heavy atom. The molecule has 2 aromatic carbocycles. The van der Waals surface area contributed by atoms with Gasteiger partial charge in [-0.05, 0) is 36.5 Å². The van der Waals surface area contributed by atoms with E-state index in [1.807, 2.05) is 36.5 Å². The van der Waals surface area contributed by atoms with Gasteiger partial charge in [-0.3, -0.25) is 9.69 Å². The second kappa shape index (κ2) is 7.84. The largest absolute Gasteiger partial charge is 0.337 e. The van der Waals surface area contributed by atoms with Crippen molar-refractivity contribution in [1.29, 1.82) is 0 Å². The third kappa shape index (κ3) is 3.83. The molecule has 0 unspecified atom stereocenters. The maximum atomic E-state index is 13.2. The molecule has 0 aliphatic carbocycles. The maximum absolute atomic E-state index is 13.2. The van der Waals surface area contributed by atoms with Crippen LogP contribution in [-0.4, -0.2) is 51.2 Å². The van der Waals surface area contributed by atoms with Gasteiger partial charge in [-0.25, -0.2) is 4.68 Å². The number of rotatable bonds is 4. The lowest BCUT2D eigenvalue weighted by Gasteiger charge is -2.36. The normalized spacial score (nSPS) is 21.9. The predicted octanol–water partition coefficient (Wildman–Crippen LogP) is 3.61. The van der Waals surface area contributed by atoms with Crippen LogP contribution in [-0.2, 0) is 6.54 Å². The number of benzene rings is 2. The maximum Gasteiger partial charge on any atom is 0.257 e. The minimum Gasteiger partial charge on any atom is -0.337 e. The number of piperidine rings is 1. The van der Waals surface area contributed by atoms with Gasteiger partial charge in [-0.15, -0.1) is 0 Å². The van der Waals surface area contributed by atoms with E-state index in [4.69, 9.17) is 0 Å². The summed E-state index contributed by atoms with van der Waals surface area (Å²) >= 11 is 0. The van der Waals surface area contributed by atoms with Gasteiger partial charge in [-0.1, -0.05) is 48.5 Å². The van der Waals surface area contributed by atoms with E-state index in [-0.39, 0.29) is 5.91 Å². The molecule has 0 saturated carbocycles. The Hall–Kier alpha value is -2.92. The molecule has 5 heteroatoms. The number of para-hydroxylation sites is 1. The van der Waals surface area contributed by atoms with Gasteiger partial charge >= 0.3 is 0 Å². The molecule has 6 rings (SSSR count). The lowest BCUT2D eigenvalue weighted by atomic mass is 9.94. The topological polar surface area (TPSA) is 41.4 Å². The molecular weight excluding hydrogens is 360 g/mol. The average molecular weight is 386 g/mol. The first-order valence-corrected chi connectivity index (χ1v) is 10.4. The van der Waals surface area contributed by atoms with Crippen LogP contribution in [0.25, 0.3) is 5.69 Å². The summed E-state index contributed by atoms with van der Waals surface area (Å²) in [5.74, 6) is 0.649. The zero-order valence-corrected chi connectivity index (χ0v) is 16.5. The molecular formula is C24H26N4O. The Kier molecular flexibility index (Phi) is 4.90. The van der Waals surface area contributed by atoms with Crippen LogP contribution < -0.4 is 0 Å². The Balaban J connectivity index is 1.31. The summed E-state index contributed by atoms with van der Waals surface area (Å²) in [7, 11) is 0. The Labute approximate surface area is 171 Å². The highest BCUT2D eigenvalue weighted by Gasteiger charge is 2.36. The minimum absolute atomic E-state index is 0.102. The Morgan fingerprint density at radius 1 is 0.931 bits per heavy atom. The Bertz CT molecular complexity index is 969. The highest BCUT2D eigenvalue weighted by atomic mass is 16.2. The molecule has 3 fully saturated rings. The number of amides is 1. The van der Waals surface area contributed by atoms with Crippen molar-refractivity contribution >= 4 is 5.91 Å². The summed E-state index contributed by atoms with van der Waals surface area (Å²) in [6.07, 6.45) is 5.93. The second-order valence-electron chi connectivity index (χ2n) is 8.23. The summed E-state index contributed by atoms with van der Waals surface area (Å²) in [6.45, 7) is 3.69. The predicted molar refractivity (Wildman–Crippen MR) is 113 cm³/mol. The van der Waals surface area contributed by atoms with Crippen molar-refractivity contribution in [3.05, 3.63) is 84.2 Å². The number of hydrogen-bond acceptors (Lipinski definition) is 3. The number of carbonyl (C=O) groups excluding carboxylic acids is 1. The number of carbonyl (C=O) groups is 1. The minimum atomic E-state index is 0.102. The number of aromatic nitrogens is 2. The van der Waals surface area contributed by atoms with E-state index >= 15 is 0 Å². The van der Waals surface area contributed by atoms with Crippen molar-refractivity contribution in [2.75, 3.05) is 19.6 Å². The number of hydrogen-bond donors (Lipinski definition) is 0. The van der Waals surface area contributed by atoms with Crippen LogP contribution in [0.2, 0.25) is 0 Å². The van der Waals surface area contributed by atoms with E-state index in [0.717, 1.165) is 31.9 Å². The van der Waals surface area contributed by atoms with E-state index < -0.39 is 0 Å². The summed E-state index contributed by atoms with van der Waals surface area (Å²) in [5.41, 5.74) is 2.99. The fourth-order valence-electron chi connectivity index (χ4n) is 4.69. The lowest BCUT2D eigenvalue weighted by Crippen LogP contribution is -2.43. The van der Waals surface area contributed by atoms with Gasteiger partial charge in [0.2, 0.25) is 0 Å². The molecule has 2 atom stereocenters. The summed E-state index contributed by atoms with van der Waals surface area (Å²) < 4.78 is 1.78. The number of nitrogens with zero attached hydrogens (tertiary/aromatic N) is 4. The first-order valence-electron chi connectivity index (χ1n) is 10.4. The van der Waals surface area contributed by atoms with Gasteiger partial charge < -0.3 is 4.90 Å². The van der Waals surface area contributed by atoms with E-state index in [1.54, 1.807) is 10.9 Å². The van der Waals surface area contributed by atoms with Crippen molar-refractivity contribution < 1.29 is 4.79 Å². The molecule has 3 aliphatic rings. The van der Waals surface area contributed by atoms with Gasteiger partial charge in [-0.2, -0.15) is 5.10 Å². The van der Waals surface area contributed by atoms with Crippen LogP contribution in [0.4, 0.5) is 0 Å². The van der Waals surface area contributed by atoms with Crippen LogP contribution in [0.3, 0.4) is 0 Å². The third-order valence-corrected chi connectivity index (χ3v) is 6.19. The molecule has 0 radical (unpaired) electrons. The summed E-state index contributed by atoms with van der Waals surface area (Å²) in [6, 6.07) is 21.0. The summed E-state index contributed by atoms with van der Waals surface area (Å²) in [5, 5.41) is 4.41. The van der Waals surface area contributed by atoms with E-state index in [1.165, 1.54) is 18.4 Å². The molecule has 3 aliphatic heterocycles. The van der Waals surface area contributed by atoms with E-state index in [0.29, 0.717) is 17.5 Å². The van der Waals surface area contributed by atoms with E-state index in [9.17, 15) is 4.79 Å². The smallest absolute Gasteiger partial charge is 0.257 e. The van der Waals surface area contributed by atoms with Crippen molar-refractivity contribution in [2.45, 2.75) is 25.4 Å². The first kappa shape index (κ1) is 18.1. The fourth-order valence-corrected chi connectivity index (χ4v) is 4.69. The highest BCUT2D eigenvalue weighted by Crippen LogP contribution is 2.30. The molecule has 0 N–H and O–H groups in total. The molecule has 5 nitrogen and oxygen atoms in total. The van der Waals surface area contributed by atoms with Crippen LogP contribution in [0.1, 0.15) is 28.8 Å². The standard InChI is InChI=1S/C24H26N4O/c29-24(21-13-25-28(17-21)22-9-5-2-6-10-22)27-16-20-11-12-23(18-27)26(15-20)14-19-7-3-1-4-8-19/h1-10,13,17,20,23H,11-12,14-16,18H2/t20-,23-/m1/s1. The van der Waals surface area contributed by atoms with Gasteiger partial charge in [0.05, 0.1) is 17.4 Å². The zero-order chi connectivity index (χ0) is 19.6. The molecule has 1 aromatic heterocycles. The van der Waals surface area contributed by atoms with Crippen LogP contribution >= 0.6 is 0 Å². The molecule has 0 spiro atoms. The quantitative estimate of drug-likeness (QED) is 0.688. The first-order chi connectivity index (χ1) is 14.3. The molecule has 1 amide bonds. The van der Waals surface area contributed by atoms with Crippen LogP contribution in [0.5, 0.6) is 0 Å². The van der Waals surface area contributed by atoms with Gasteiger partial charge in [0.1, 0.15) is 0 Å². The van der Waals surface area contributed by atoms with Gasteiger partial charge in [0.15, 0.2) is 0 Å². The lowest BCUT2D eigenvalue weighted by molar-refractivity contribution is 0.0736. The molecule has 2 bridgehead atoms. The molecule has 3 saturated heterocycles. The Morgan fingerprint density at radius 2 is 1.69 bits per heavy atom. The van der Waals surface area contributed by atoms with E-state index in [2.05, 4.69) is 45.2 Å². The summed E-state index contributed by atoms with van der Waals surface area (Å²) in [4.78, 5) is 17.9. The van der Waals surface area contributed by atoms with Crippen molar-refractivity contribution in [3.8, 4) is 5.69 Å². The SMILES string of the molecule is O=C(c1cnn(-c2ccccc2)c1)N1C[C@@H]2CC[C@H](C1)N(Cc1ccccc1)C2. The van der Waals surface area contributed by atoms with Gasteiger partial charge in [0, 0.05) is 38.4 Å². The highest BCUT2D eigenvalue weighted by molar-refractivity contribution is 5.94. The molecule has 3 aromatic rings. The average Bonchev–Trinajstić information content (AvgIpc) is 3.09. The third-order valence-electron chi connectivity index (χ3n) is 6.19. The monoisotopic (exact) mass is 386 g/mol. The van der Waals surface area contributed by atoms with Crippen molar-refractivity contribution in [1.82, 2.24) is 19.6 Å². The second-order valence-corrected chi connectivity index (χ2v) is 8.23. The molecule has 29 heavy (non-hydrogen) atoms. The fraction of sp³-hybridized carbons (Fsp3) is 0.333. The molecule has 4 heterocycles. The van der Waals surface area contributed by atoms with Crippen LogP contribution in [0, 0.1) is 5.92 Å². The zero-order valence-electron chi connectivity index (χ0n) is 16.5. The van der Waals surface area contributed by atoms with Gasteiger partial charge in [0.25, 0.3) is 5.91 Å². The van der Waals surface area contributed by atoms with Crippen LogP contribution in [0.15, 0.2) is 73.1 Å². The van der Waals surface area contributed by atoms with Crippen molar-refractivity contribution in [3.63, 3.8) is 0 Å². The van der Waals surface area contributed by atoms with Crippen molar-refractivity contribution in [2.24, 2.45) is 5.92 Å². The molecule has 148 valence electrons.